The molecule has 0 aromatic carbocycles. The first kappa shape index (κ1) is 11.6. The molecule has 1 fully saturated rings. The van der Waals surface area contributed by atoms with Crippen LogP contribution in [0.15, 0.2) is 18.9 Å². The molecule has 1 unspecified atom stereocenters. The molecule has 1 aromatic heterocycles. The Hall–Kier alpha value is -0.900. The lowest BCUT2D eigenvalue weighted by molar-refractivity contribution is 0.642. The van der Waals surface area contributed by atoms with E-state index in [4.69, 9.17) is 0 Å². The van der Waals surface area contributed by atoms with Crippen molar-refractivity contribution in [3.63, 3.8) is 0 Å². The van der Waals surface area contributed by atoms with Crippen molar-refractivity contribution in [2.45, 2.75) is 31.6 Å². The summed E-state index contributed by atoms with van der Waals surface area (Å²) >= 11 is 2.08. The second-order valence-electron chi connectivity index (χ2n) is 4.16. The van der Waals surface area contributed by atoms with E-state index in [0.29, 0.717) is 0 Å². The van der Waals surface area contributed by atoms with Crippen LogP contribution in [0.25, 0.3) is 0 Å². The molecule has 1 N–H and O–H groups in total. The van der Waals surface area contributed by atoms with Crippen molar-refractivity contribution in [2.75, 3.05) is 17.6 Å². The lowest BCUT2D eigenvalue weighted by atomic mass is 10.2. The van der Waals surface area contributed by atoms with Crippen molar-refractivity contribution in [3.05, 3.63) is 24.5 Å². The van der Waals surface area contributed by atoms with Gasteiger partial charge in [-0.15, -0.1) is 6.58 Å². The van der Waals surface area contributed by atoms with Crippen LogP contribution in [0.1, 0.15) is 18.5 Å². The molecule has 1 aliphatic heterocycles. The van der Waals surface area contributed by atoms with Gasteiger partial charge < -0.3 is 9.88 Å². The summed E-state index contributed by atoms with van der Waals surface area (Å²) in [5.41, 5.74) is 1.08. The van der Waals surface area contributed by atoms with Crippen molar-refractivity contribution in [1.82, 2.24) is 9.55 Å². The number of rotatable bonds is 5. The summed E-state index contributed by atoms with van der Waals surface area (Å²) in [4.78, 5) is 4.49. The van der Waals surface area contributed by atoms with E-state index in [1.807, 2.05) is 13.0 Å². The molecule has 0 amide bonds. The third-order valence-corrected chi connectivity index (χ3v) is 4.11. The molecule has 1 aromatic rings. The summed E-state index contributed by atoms with van der Waals surface area (Å²) in [6.07, 6.45) is 6.68. The summed E-state index contributed by atoms with van der Waals surface area (Å²) in [6.45, 7) is 7.60. The van der Waals surface area contributed by atoms with Crippen molar-refractivity contribution in [1.29, 1.82) is 0 Å². The van der Waals surface area contributed by atoms with Gasteiger partial charge in [-0.05, 0) is 25.5 Å². The van der Waals surface area contributed by atoms with Gasteiger partial charge in [0.15, 0.2) is 0 Å². The number of aromatic nitrogens is 2. The number of hydrogen-bond acceptors (Lipinski definition) is 3. The van der Waals surface area contributed by atoms with Gasteiger partial charge >= 0.3 is 0 Å². The minimum Gasteiger partial charge on any atom is -0.352 e. The molecule has 4 heteroatoms. The lowest BCUT2D eigenvalue weighted by Gasteiger charge is -2.12. The van der Waals surface area contributed by atoms with Crippen LogP contribution in [0.3, 0.4) is 0 Å². The first-order valence-corrected chi connectivity index (χ1v) is 6.84. The third kappa shape index (κ3) is 2.82. The Labute approximate surface area is 101 Å². The zero-order valence-electron chi connectivity index (χ0n) is 9.78. The van der Waals surface area contributed by atoms with Crippen molar-refractivity contribution < 1.29 is 0 Å². The lowest BCUT2D eigenvalue weighted by Crippen LogP contribution is -2.13. The number of imidazole rings is 1. The zero-order chi connectivity index (χ0) is 11.4. The molecule has 0 radical (unpaired) electrons. The minimum atomic E-state index is 0.762. The molecule has 1 aliphatic rings. The maximum atomic E-state index is 4.49. The van der Waals surface area contributed by atoms with Gasteiger partial charge in [0.1, 0.15) is 0 Å². The van der Waals surface area contributed by atoms with E-state index in [1.165, 1.54) is 18.6 Å². The smallest absolute Gasteiger partial charge is 0.203 e. The average molecular weight is 237 g/mol. The molecule has 0 bridgehead atoms. The molecule has 2 heterocycles. The molecule has 1 atom stereocenters. The van der Waals surface area contributed by atoms with Gasteiger partial charge in [0.05, 0.1) is 5.69 Å². The number of nitrogens with zero attached hydrogens (tertiary/aromatic N) is 2. The second kappa shape index (κ2) is 5.43. The first-order valence-electron chi connectivity index (χ1n) is 5.79. The van der Waals surface area contributed by atoms with Gasteiger partial charge in [0.25, 0.3) is 0 Å². The third-order valence-electron chi connectivity index (χ3n) is 2.73. The van der Waals surface area contributed by atoms with Gasteiger partial charge in [-0.2, -0.15) is 11.8 Å². The Bertz CT molecular complexity index is 353. The number of nitrogens with one attached hydrogen (secondary N) is 1. The largest absolute Gasteiger partial charge is 0.352 e. The highest BCUT2D eigenvalue weighted by Crippen LogP contribution is 2.28. The van der Waals surface area contributed by atoms with Gasteiger partial charge in [0.2, 0.25) is 5.95 Å². The minimum absolute atomic E-state index is 0.762. The monoisotopic (exact) mass is 237 g/mol. The predicted octanol–water partition coefficient (Wildman–Crippen LogP) is 2.69. The summed E-state index contributed by atoms with van der Waals surface area (Å²) in [5, 5.41) is 4.04. The summed E-state index contributed by atoms with van der Waals surface area (Å²) in [5.74, 6) is 2.29. The van der Waals surface area contributed by atoms with Crippen LogP contribution in [0.2, 0.25) is 0 Å². The molecule has 0 aliphatic carbocycles. The highest BCUT2D eigenvalue weighted by atomic mass is 32.2. The maximum absolute atomic E-state index is 4.49. The van der Waals surface area contributed by atoms with Crippen molar-refractivity contribution in [2.24, 2.45) is 0 Å². The summed E-state index contributed by atoms with van der Waals surface area (Å²) < 4.78 is 2.24. The standard InChI is InChI=1S/C12H19N3S/c1-3-6-13-12-14-10(2)8-15(12)9-11-5-4-7-16-11/h3,8,11H,1,4-7,9H2,2H3,(H,13,14). The maximum Gasteiger partial charge on any atom is 0.203 e. The number of hydrogen-bond donors (Lipinski definition) is 1. The highest BCUT2D eigenvalue weighted by Gasteiger charge is 2.17. The number of aryl methyl sites for hydroxylation is 1. The topological polar surface area (TPSA) is 29.9 Å². The Morgan fingerprint density at radius 1 is 1.75 bits per heavy atom. The fourth-order valence-corrected chi connectivity index (χ4v) is 3.26. The Morgan fingerprint density at radius 3 is 3.31 bits per heavy atom. The van der Waals surface area contributed by atoms with Gasteiger partial charge in [-0.1, -0.05) is 6.08 Å². The fourth-order valence-electron chi connectivity index (χ4n) is 2.00. The van der Waals surface area contributed by atoms with E-state index in [1.54, 1.807) is 0 Å². The average Bonchev–Trinajstić information content (AvgIpc) is 2.86. The number of anilines is 1. The molecule has 3 nitrogen and oxygen atoms in total. The quantitative estimate of drug-likeness (QED) is 0.799. The first-order chi connectivity index (χ1) is 7.79. The van der Waals surface area contributed by atoms with E-state index >= 15 is 0 Å². The van der Waals surface area contributed by atoms with Gasteiger partial charge in [-0.25, -0.2) is 4.98 Å². The van der Waals surface area contributed by atoms with Crippen molar-refractivity contribution in [3.8, 4) is 0 Å². The predicted molar refractivity (Wildman–Crippen MR) is 71.1 cm³/mol. The van der Waals surface area contributed by atoms with Crippen LogP contribution < -0.4 is 5.32 Å². The molecular formula is C12H19N3S. The van der Waals surface area contributed by atoms with Crippen molar-refractivity contribution >= 4 is 17.7 Å². The normalized spacial score (nSPS) is 19.9. The molecule has 1 saturated heterocycles. The Morgan fingerprint density at radius 2 is 2.62 bits per heavy atom. The van der Waals surface area contributed by atoms with Crippen LogP contribution in [0, 0.1) is 6.92 Å². The van der Waals surface area contributed by atoms with E-state index < -0.39 is 0 Å². The van der Waals surface area contributed by atoms with E-state index in [-0.39, 0.29) is 0 Å². The number of thioether (sulfide) groups is 1. The van der Waals surface area contributed by atoms with Crippen LogP contribution in [-0.2, 0) is 6.54 Å². The molecule has 88 valence electrons. The molecule has 0 spiro atoms. The van der Waals surface area contributed by atoms with Gasteiger partial charge in [0, 0.05) is 24.5 Å². The molecular weight excluding hydrogens is 218 g/mol. The second-order valence-corrected chi connectivity index (χ2v) is 5.57. The van der Waals surface area contributed by atoms with E-state index in [9.17, 15) is 0 Å². The zero-order valence-corrected chi connectivity index (χ0v) is 10.6. The fraction of sp³-hybridized carbons (Fsp3) is 0.583. The van der Waals surface area contributed by atoms with Gasteiger partial charge in [-0.3, -0.25) is 0 Å². The Balaban J connectivity index is 2.02. The van der Waals surface area contributed by atoms with Crippen LogP contribution in [0.4, 0.5) is 5.95 Å². The Kier molecular flexibility index (Phi) is 3.93. The van der Waals surface area contributed by atoms with Crippen LogP contribution in [-0.4, -0.2) is 27.1 Å². The molecule has 16 heavy (non-hydrogen) atoms. The van der Waals surface area contributed by atoms with Crippen LogP contribution >= 0.6 is 11.8 Å². The van der Waals surface area contributed by atoms with E-state index in [2.05, 4.69) is 39.4 Å². The molecule has 0 saturated carbocycles. The summed E-state index contributed by atoms with van der Waals surface area (Å²) in [6, 6.07) is 0. The van der Waals surface area contributed by atoms with E-state index in [0.717, 1.165) is 30.0 Å². The van der Waals surface area contributed by atoms with Crippen LogP contribution in [0.5, 0.6) is 0 Å². The summed E-state index contributed by atoms with van der Waals surface area (Å²) in [7, 11) is 0. The SMILES string of the molecule is C=CCNc1nc(C)cn1CC1CCCS1. The highest BCUT2D eigenvalue weighted by molar-refractivity contribution is 8.00. The molecule has 2 rings (SSSR count).